The smallest absolute Gasteiger partial charge is 0.264 e. The number of allylic oxidation sites excluding steroid dienone is 4. The second-order valence-corrected chi connectivity index (χ2v) is 6.09. The minimum absolute atomic E-state index is 0.173. The van der Waals surface area contributed by atoms with Crippen LogP contribution in [0.25, 0.3) is 0 Å². The average Bonchev–Trinajstić information content (AvgIpc) is 2.77. The Morgan fingerprint density at radius 2 is 2.00 bits per heavy atom. The van der Waals surface area contributed by atoms with Crippen molar-refractivity contribution in [2.75, 3.05) is 6.54 Å². The normalized spacial score (nSPS) is 20.4. The van der Waals surface area contributed by atoms with Gasteiger partial charge in [0.2, 0.25) is 0 Å². The summed E-state index contributed by atoms with van der Waals surface area (Å²) in [5.74, 6) is -2.16. The molecule has 0 bridgehead atoms. The zero-order chi connectivity index (χ0) is 16.6. The molecule has 23 heavy (non-hydrogen) atoms. The average molecular weight is 336 g/mol. The van der Waals surface area contributed by atoms with Crippen LogP contribution in [0.3, 0.4) is 0 Å². The van der Waals surface area contributed by atoms with E-state index in [1.165, 1.54) is 11.0 Å². The van der Waals surface area contributed by atoms with Gasteiger partial charge in [-0.05, 0) is 42.7 Å². The van der Waals surface area contributed by atoms with Gasteiger partial charge >= 0.3 is 0 Å². The molecule has 0 radical (unpaired) electrons. The van der Waals surface area contributed by atoms with Crippen LogP contribution in [0, 0.1) is 17.6 Å². The summed E-state index contributed by atoms with van der Waals surface area (Å²) in [6.45, 7) is 2.47. The van der Waals surface area contributed by atoms with Gasteiger partial charge in [-0.15, -0.1) is 0 Å². The molecule has 0 saturated carbocycles. The molecule has 120 valence electrons. The van der Waals surface area contributed by atoms with E-state index in [0.29, 0.717) is 23.7 Å². The highest BCUT2D eigenvalue weighted by molar-refractivity contribution is 6.31. The van der Waals surface area contributed by atoms with Gasteiger partial charge in [0.05, 0.1) is 0 Å². The number of carbonyl (C=O) groups excluding carboxylic acids is 1. The van der Waals surface area contributed by atoms with Crippen LogP contribution in [0.1, 0.15) is 30.1 Å². The number of halogens is 3. The first-order chi connectivity index (χ1) is 11.0. The number of rotatable bonds is 2. The molecule has 0 spiro atoms. The lowest BCUT2D eigenvalue weighted by Gasteiger charge is -2.20. The third kappa shape index (κ3) is 2.83. The van der Waals surface area contributed by atoms with Gasteiger partial charge in [0.25, 0.3) is 5.91 Å². The zero-order valence-electron chi connectivity index (χ0n) is 12.7. The molecular formula is C18H16ClF2NO. The zero-order valence-corrected chi connectivity index (χ0v) is 13.4. The minimum Gasteiger partial charge on any atom is -0.308 e. The molecule has 3 rings (SSSR count). The Hall–Kier alpha value is -1.94. The monoisotopic (exact) mass is 335 g/mol. The van der Waals surface area contributed by atoms with Crippen molar-refractivity contribution in [2.24, 2.45) is 5.92 Å². The highest BCUT2D eigenvalue weighted by Crippen LogP contribution is 2.37. The van der Waals surface area contributed by atoms with Gasteiger partial charge in [-0.3, -0.25) is 4.79 Å². The van der Waals surface area contributed by atoms with Crippen LogP contribution in [0.5, 0.6) is 0 Å². The first-order valence-corrected chi connectivity index (χ1v) is 7.93. The summed E-state index contributed by atoms with van der Waals surface area (Å²) in [4.78, 5) is 14.2. The Morgan fingerprint density at radius 1 is 1.30 bits per heavy atom. The number of hydrogen-bond donors (Lipinski definition) is 0. The van der Waals surface area contributed by atoms with Crippen molar-refractivity contribution in [2.45, 2.75) is 19.8 Å². The first kappa shape index (κ1) is 15.9. The molecule has 2 nitrogen and oxygen atoms in total. The van der Waals surface area contributed by atoms with Gasteiger partial charge in [-0.1, -0.05) is 30.7 Å². The van der Waals surface area contributed by atoms with E-state index in [-0.39, 0.29) is 5.92 Å². The summed E-state index contributed by atoms with van der Waals surface area (Å²) in [6.07, 6.45) is 6.85. The molecule has 1 atom stereocenters. The van der Waals surface area contributed by atoms with Crippen molar-refractivity contribution < 1.29 is 13.6 Å². The predicted molar refractivity (Wildman–Crippen MR) is 85.9 cm³/mol. The topological polar surface area (TPSA) is 20.3 Å². The summed E-state index contributed by atoms with van der Waals surface area (Å²) >= 11 is 6.04. The number of hydrogen-bond acceptors (Lipinski definition) is 1. The highest BCUT2D eigenvalue weighted by atomic mass is 35.5. The second-order valence-electron chi connectivity index (χ2n) is 5.65. The third-order valence-corrected chi connectivity index (χ3v) is 4.63. The van der Waals surface area contributed by atoms with Crippen LogP contribution >= 0.6 is 11.6 Å². The van der Waals surface area contributed by atoms with Crippen molar-refractivity contribution in [1.29, 1.82) is 0 Å². The van der Waals surface area contributed by atoms with Crippen molar-refractivity contribution in [3.8, 4) is 0 Å². The van der Waals surface area contributed by atoms with E-state index in [1.807, 2.05) is 13.0 Å². The maximum atomic E-state index is 13.9. The Labute approximate surface area is 138 Å². The predicted octanol–water partition coefficient (Wildman–Crippen LogP) is 4.78. The lowest BCUT2D eigenvalue weighted by atomic mass is 9.96. The Balaban J connectivity index is 2.02. The molecule has 1 unspecified atom stereocenters. The van der Waals surface area contributed by atoms with E-state index < -0.39 is 23.1 Å². The minimum atomic E-state index is -0.842. The number of amides is 1. The van der Waals surface area contributed by atoms with Crippen LogP contribution in [0.2, 0.25) is 0 Å². The van der Waals surface area contributed by atoms with Crippen LogP contribution in [-0.4, -0.2) is 17.4 Å². The van der Waals surface area contributed by atoms with E-state index in [1.54, 1.807) is 12.2 Å². The Kier molecular flexibility index (Phi) is 4.35. The SMILES string of the molecule is CCC1CN(C(=O)c2c(F)cccc2F)C2=C1CC=C(Cl)C=C2. The van der Waals surface area contributed by atoms with Gasteiger partial charge in [-0.2, -0.15) is 0 Å². The van der Waals surface area contributed by atoms with Gasteiger partial charge in [-0.25, -0.2) is 8.78 Å². The molecule has 1 amide bonds. The van der Waals surface area contributed by atoms with E-state index >= 15 is 0 Å². The lowest BCUT2D eigenvalue weighted by molar-refractivity contribution is 0.0804. The molecule has 0 saturated heterocycles. The van der Waals surface area contributed by atoms with E-state index in [0.717, 1.165) is 24.1 Å². The van der Waals surface area contributed by atoms with Gasteiger partial charge in [0.1, 0.15) is 17.2 Å². The molecule has 1 aromatic rings. The molecule has 1 heterocycles. The fraction of sp³-hybridized carbons (Fsp3) is 0.278. The summed E-state index contributed by atoms with van der Waals surface area (Å²) < 4.78 is 27.9. The molecule has 2 aliphatic rings. The van der Waals surface area contributed by atoms with Crippen molar-refractivity contribution >= 4 is 17.5 Å². The van der Waals surface area contributed by atoms with Gasteiger partial charge in [0, 0.05) is 23.2 Å². The highest BCUT2D eigenvalue weighted by Gasteiger charge is 2.35. The summed E-state index contributed by atoms with van der Waals surface area (Å²) in [6, 6.07) is 3.45. The first-order valence-electron chi connectivity index (χ1n) is 7.55. The van der Waals surface area contributed by atoms with Crippen molar-refractivity contribution in [1.82, 2.24) is 4.90 Å². The summed E-state index contributed by atoms with van der Waals surface area (Å²) in [7, 11) is 0. The van der Waals surface area contributed by atoms with E-state index in [9.17, 15) is 13.6 Å². The molecular weight excluding hydrogens is 320 g/mol. The van der Waals surface area contributed by atoms with Gasteiger partial charge in [0.15, 0.2) is 0 Å². The summed E-state index contributed by atoms with van der Waals surface area (Å²) in [5.41, 5.74) is 1.29. The number of nitrogens with zero attached hydrogens (tertiary/aromatic N) is 1. The van der Waals surface area contributed by atoms with Crippen LogP contribution in [-0.2, 0) is 0 Å². The second kappa shape index (κ2) is 6.28. The van der Waals surface area contributed by atoms with Crippen LogP contribution in [0.4, 0.5) is 8.78 Å². The fourth-order valence-electron chi connectivity index (χ4n) is 3.12. The van der Waals surface area contributed by atoms with Gasteiger partial charge < -0.3 is 4.90 Å². The Bertz CT molecular complexity index is 731. The van der Waals surface area contributed by atoms with Crippen molar-refractivity contribution in [3.63, 3.8) is 0 Å². The van der Waals surface area contributed by atoms with Crippen LogP contribution < -0.4 is 0 Å². The fourth-order valence-corrected chi connectivity index (χ4v) is 3.26. The molecule has 1 aromatic carbocycles. The van der Waals surface area contributed by atoms with Crippen molar-refractivity contribution in [3.05, 3.63) is 69.9 Å². The molecule has 1 aliphatic carbocycles. The maximum absolute atomic E-state index is 13.9. The van der Waals surface area contributed by atoms with E-state index in [4.69, 9.17) is 11.6 Å². The molecule has 0 aromatic heterocycles. The molecule has 0 fully saturated rings. The summed E-state index contributed by atoms with van der Waals surface area (Å²) in [5, 5.41) is 0.596. The quantitative estimate of drug-likeness (QED) is 0.761. The standard InChI is InChI=1S/C18H16ClF2NO/c1-2-11-10-22(16-9-7-12(19)6-8-13(11)16)18(23)17-14(20)4-3-5-15(17)21/h3-7,9,11H,2,8,10H2,1H3. The number of carbonyl (C=O) groups is 1. The van der Waals surface area contributed by atoms with E-state index in [2.05, 4.69) is 0 Å². The molecule has 0 N–H and O–H groups in total. The molecule has 5 heteroatoms. The van der Waals surface area contributed by atoms with Crippen LogP contribution in [0.15, 0.2) is 52.7 Å². The number of benzene rings is 1. The lowest BCUT2D eigenvalue weighted by Crippen LogP contribution is -2.30. The largest absolute Gasteiger partial charge is 0.308 e. The maximum Gasteiger partial charge on any atom is 0.264 e. The molecule has 1 aliphatic heterocycles. The Morgan fingerprint density at radius 3 is 2.65 bits per heavy atom. The third-order valence-electron chi connectivity index (χ3n) is 4.35.